The number of hydrogen-bond acceptors (Lipinski definition) is 3. The molecule has 6 heteroatoms. The van der Waals surface area contributed by atoms with E-state index in [4.69, 9.17) is 11.6 Å². The molecule has 0 bridgehead atoms. The Balaban J connectivity index is 1.75. The summed E-state index contributed by atoms with van der Waals surface area (Å²) in [5.41, 5.74) is 1.80. The summed E-state index contributed by atoms with van der Waals surface area (Å²) in [6, 6.07) is 13.8. The first-order chi connectivity index (χ1) is 11.1. The van der Waals surface area contributed by atoms with E-state index >= 15 is 0 Å². The maximum Gasteiger partial charge on any atom is 0.272 e. The Labute approximate surface area is 138 Å². The number of aliphatic hydroxyl groups excluding tert-OH is 1. The monoisotopic (exact) mass is 329 g/mol. The topological polar surface area (TPSA) is 78.0 Å². The molecular formula is C17H16ClN3O2. The minimum atomic E-state index is -0.832. The second-order valence-corrected chi connectivity index (χ2v) is 5.81. The Morgan fingerprint density at radius 3 is 2.65 bits per heavy atom. The van der Waals surface area contributed by atoms with Crippen LogP contribution in [0, 0.1) is 0 Å². The van der Waals surface area contributed by atoms with Gasteiger partial charge in [0.25, 0.3) is 5.91 Å². The third kappa shape index (κ3) is 3.21. The van der Waals surface area contributed by atoms with Crippen molar-refractivity contribution in [3.05, 3.63) is 64.8 Å². The maximum absolute atomic E-state index is 12.4. The van der Waals surface area contributed by atoms with E-state index in [9.17, 15) is 9.90 Å². The largest absolute Gasteiger partial charge is 0.386 e. The van der Waals surface area contributed by atoms with Gasteiger partial charge in [-0.2, -0.15) is 5.10 Å². The number of nitrogens with zero attached hydrogens (tertiary/aromatic N) is 1. The van der Waals surface area contributed by atoms with Gasteiger partial charge < -0.3 is 10.4 Å². The lowest BCUT2D eigenvalue weighted by Gasteiger charge is -2.20. The molecule has 5 nitrogen and oxygen atoms in total. The Morgan fingerprint density at radius 1 is 1.22 bits per heavy atom. The first kappa shape index (κ1) is 15.5. The lowest BCUT2D eigenvalue weighted by molar-refractivity contribution is 0.0849. The number of carbonyl (C=O) groups is 1. The second kappa shape index (κ2) is 6.40. The fourth-order valence-electron chi connectivity index (χ4n) is 2.44. The van der Waals surface area contributed by atoms with Crippen molar-refractivity contribution in [2.75, 3.05) is 0 Å². The number of hydrogen-bond donors (Lipinski definition) is 3. The van der Waals surface area contributed by atoms with Gasteiger partial charge in [0.2, 0.25) is 0 Å². The van der Waals surface area contributed by atoms with E-state index in [2.05, 4.69) is 15.5 Å². The van der Waals surface area contributed by atoms with Crippen LogP contribution in [0.3, 0.4) is 0 Å². The van der Waals surface area contributed by atoms with Crippen molar-refractivity contribution in [2.24, 2.45) is 0 Å². The molecule has 0 saturated carbocycles. The summed E-state index contributed by atoms with van der Waals surface area (Å²) in [5.74, 6) is -0.331. The summed E-state index contributed by atoms with van der Waals surface area (Å²) in [6.45, 7) is 1.74. The van der Waals surface area contributed by atoms with Crippen molar-refractivity contribution in [1.82, 2.24) is 15.5 Å². The molecule has 0 aliphatic heterocycles. The van der Waals surface area contributed by atoms with Crippen LogP contribution in [0.5, 0.6) is 0 Å². The fraction of sp³-hybridized carbons (Fsp3) is 0.176. The highest BCUT2D eigenvalue weighted by molar-refractivity contribution is 6.30. The van der Waals surface area contributed by atoms with E-state index in [0.29, 0.717) is 16.3 Å². The number of aromatic amines is 1. The molecular weight excluding hydrogens is 314 g/mol. The fourth-order valence-corrected chi connectivity index (χ4v) is 2.57. The SMILES string of the molecule is CC(NC(=O)c1n[nH]c2ccccc12)C(O)c1ccc(Cl)cc1. The lowest BCUT2D eigenvalue weighted by Crippen LogP contribution is -2.37. The van der Waals surface area contributed by atoms with Gasteiger partial charge >= 0.3 is 0 Å². The highest BCUT2D eigenvalue weighted by Crippen LogP contribution is 2.20. The van der Waals surface area contributed by atoms with E-state index < -0.39 is 12.1 Å². The summed E-state index contributed by atoms with van der Waals surface area (Å²) in [5, 5.41) is 21.4. The van der Waals surface area contributed by atoms with Crippen LogP contribution in [0.15, 0.2) is 48.5 Å². The third-order valence-corrected chi connectivity index (χ3v) is 3.98. The van der Waals surface area contributed by atoms with Gasteiger partial charge in [-0.15, -0.1) is 0 Å². The summed E-state index contributed by atoms with van der Waals surface area (Å²) >= 11 is 5.84. The minimum Gasteiger partial charge on any atom is -0.386 e. The molecule has 0 aliphatic rings. The number of fused-ring (bicyclic) bond motifs is 1. The van der Waals surface area contributed by atoms with Crippen LogP contribution in [-0.2, 0) is 0 Å². The quantitative estimate of drug-likeness (QED) is 0.688. The molecule has 0 aliphatic carbocycles. The van der Waals surface area contributed by atoms with E-state index in [-0.39, 0.29) is 5.91 Å². The number of amides is 1. The van der Waals surface area contributed by atoms with Crippen LogP contribution in [-0.4, -0.2) is 27.3 Å². The summed E-state index contributed by atoms with van der Waals surface area (Å²) in [4.78, 5) is 12.4. The Kier molecular flexibility index (Phi) is 4.32. The summed E-state index contributed by atoms with van der Waals surface area (Å²) in [6.07, 6.45) is -0.832. The lowest BCUT2D eigenvalue weighted by atomic mass is 10.0. The van der Waals surface area contributed by atoms with Gasteiger partial charge in [-0.1, -0.05) is 41.9 Å². The molecule has 1 heterocycles. The van der Waals surface area contributed by atoms with E-state index in [1.54, 1.807) is 31.2 Å². The molecule has 3 rings (SSSR count). The van der Waals surface area contributed by atoms with Crippen molar-refractivity contribution in [2.45, 2.75) is 19.1 Å². The number of benzene rings is 2. The molecule has 1 amide bonds. The number of aromatic nitrogens is 2. The average Bonchev–Trinajstić information content (AvgIpc) is 2.99. The standard InChI is InChI=1S/C17H16ClN3O2/c1-10(16(22)11-6-8-12(18)9-7-11)19-17(23)15-13-4-2-3-5-14(13)20-21-15/h2-10,16,22H,1H3,(H,19,23)(H,20,21). The van der Waals surface area contributed by atoms with E-state index in [1.165, 1.54) is 0 Å². The third-order valence-electron chi connectivity index (χ3n) is 3.73. The first-order valence-electron chi connectivity index (χ1n) is 7.24. The van der Waals surface area contributed by atoms with Crippen LogP contribution in [0.1, 0.15) is 29.1 Å². The molecule has 118 valence electrons. The Hall–Kier alpha value is -2.37. The molecule has 3 aromatic rings. The molecule has 0 radical (unpaired) electrons. The first-order valence-corrected chi connectivity index (χ1v) is 7.61. The maximum atomic E-state index is 12.4. The predicted molar refractivity (Wildman–Crippen MR) is 89.4 cm³/mol. The molecule has 23 heavy (non-hydrogen) atoms. The molecule has 0 saturated heterocycles. The second-order valence-electron chi connectivity index (χ2n) is 5.38. The van der Waals surface area contributed by atoms with Crippen molar-refractivity contribution in [1.29, 1.82) is 0 Å². The van der Waals surface area contributed by atoms with Crippen molar-refractivity contribution >= 4 is 28.4 Å². The van der Waals surface area contributed by atoms with Gasteiger partial charge in [0, 0.05) is 10.4 Å². The van der Waals surface area contributed by atoms with Gasteiger partial charge in [0.05, 0.1) is 17.7 Å². The van der Waals surface area contributed by atoms with Crippen LogP contribution in [0.4, 0.5) is 0 Å². The Bertz CT molecular complexity index is 829. The van der Waals surface area contributed by atoms with Gasteiger partial charge in [0.15, 0.2) is 5.69 Å². The zero-order valence-corrected chi connectivity index (χ0v) is 13.2. The minimum absolute atomic E-state index is 0.316. The van der Waals surface area contributed by atoms with Gasteiger partial charge in [0.1, 0.15) is 0 Å². The zero-order chi connectivity index (χ0) is 16.4. The number of nitrogens with one attached hydrogen (secondary N) is 2. The number of H-pyrrole nitrogens is 1. The van der Waals surface area contributed by atoms with Crippen molar-refractivity contribution < 1.29 is 9.90 Å². The summed E-state index contributed by atoms with van der Waals surface area (Å²) < 4.78 is 0. The van der Waals surface area contributed by atoms with Gasteiger partial charge in [-0.3, -0.25) is 9.89 Å². The predicted octanol–water partition coefficient (Wildman–Crippen LogP) is 3.07. The average molecular weight is 330 g/mol. The highest BCUT2D eigenvalue weighted by atomic mass is 35.5. The zero-order valence-electron chi connectivity index (χ0n) is 12.5. The number of rotatable bonds is 4. The van der Waals surface area contributed by atoms with Crippen LogP contribution in [0.2, 0.25) is 5.02 Å². The highest BCUT2D eigenvalue weighted by Gasteiger charge is 2.21. The summed E-state index contributed by atoms with van der Waals surface area (Å²) in [7, 11) is 0. The van der Waals surface area contributed by atoms with Crippen molar-refractivity contribution in [3.63, 3.8) is 0 Å². The van der Waals surface area contributed by atoms with Gasteiger partial charge in [-0.05, 0) is 30.7 Å². The molecule has 2 aromatic carbocycles. The van der Waals surface area contributed by atoms with E-state index in [1.807, 2.05) is 24.3 Å². The van der Waals surface area contributed by atoms with Crippen LogP contribution in [0.25, 0.3) is 10.9 Å². The van der Waals surface area contributed by atoms with Crippen molar-refractivity contribution in [3.8, 4) is 0 Å². The van der Waals surface area contributed by atoms with Crippen LogP contribution < -0.4 is 5.32 Å². The van der Waals surface area contributed by atoms with Crippen LogP contribution >= 0.6 is 11.6 Å². The molecule has 2 atom stereocenters. The Morgan fingerprint density at radius 2 is 1.91 bits per heavy atom. The number of aliphatic hydroxyl groups is 1. The van der Waals surface area contributed by atoms with E-state index in [0.717, 1.165) is 10.9 Å². The molecule has 1 aromatic heterocycles. The van der Waals surface area contributed by atoms with Gasteiger partial charge in [-0.25, -0.2) is 0 Å². The molecule has 3 N–H and O–H groups in total. The molecule has 0 fully saturated rings. The number of halogens is 1. The number of carbonyl (C=O) groups excluding carboxylic acids is 1. The molecule has 2 unspecified atom stereocenters. The molecule has 0 spiro atoms. The number of para-hydroxylation sites is 1. The smallest absolute Gasteiger partial charge is 0.272 e. The normalized spacial score (nSPS) is 13.7.